The molecule has 19 heavy (non-hydrogen) atoms. The van der Waals surface area contributed by atoms with Crippen LogP contribution in [-0.4, -0.2) is 51.5 Å². The molecule has 6 heteroatoms. The van der Waals surface area contributed by atoms with E-state index in [0.717, 1.165) is 19.3 Å². The molecule has 0 saturated carbocycles. The molecule has 0 saturated heterocycles. The highest BCUT2D eigenvalue weighted by atomic mass is 16.4. The number of carboxylic acids is 1. The Kier molecular flexibility index (Phi) is 16.1. The molecule has 0 radical (unpaired) electrons. The molecule has 0 bridgehead atoms. The fourth-order valence-electron chi connectivity index (χ4n) is 1.24. The van der Waals surface area contributed by atoms with Gasteiger partial charge in [-0.05, 0) is 6.42 Å². The maximum atomic E-state index is 10.9. The van der Waals surface area contributed by atoms with Crippen molar-refractivity contribution in [2.45, 2.75) is 58.0 Å². The molecule has 0 aromatic carbocycles. The molecule has 114 valence electrons. The first-order valence-corrected chi connectivity index (χ1v) is 6.61. The zero-order valence-corrected chi connectivity index (χ0v) is 11.5. The van der Waals surface area contributed by atoms with Gasteiger partial charge in [0.25, 0.3) is 0 Å². The number of Topliss-reactive ketones (excluding diaryl/α,β-unsaturated/α-hetero) is 1. The number of unbranched alkanes of at least 4 members (excludes halogenated alkanes) is 4. The Morgan fingerprint density at radius 3 is 1.89 bits per heavy atom. The molecule has 4 N–H and O–H groups in total. The van der Waals surface area contributed by atoms with Gasteiger partial charge in [-0.25, -0.2) is 0 Å². The number of hydrogen-bond donors (Lipinski definition) is 4. The van der Waals surface area contributed by atoms with E-state index in [2.05, 4.69) is 6.92 Å². The first-order chi connectivity index (χ1) is 8.97. The molecule has 0 aliphatic rings. The Balaban J connectivity index is 0. The molecule has 6 nitrogen and oxygen atoms in total. The van der Waals surface area contributed by atoms with Gasteiger partial charge in [0, 0.05) is 6.42 Å². The summed E-state index contributed by atoms with van der Waals surface area (Å²) in [7, 11) is 0. The van der Waals surface area contributed by atoms with Crippen LogP contribution in [0.1, 0.15) is 51.9 Å². The predicted molar refractivity (Wildman–Crippen MR) is 70.8 cm³/mol. The van der Waals surface area contributed by atoms with Crippen LogP contribution in [0.4, 0.5) is 0 Å². The van der Waals surface area contributed by atoms with Crippen LogP contribution in [-0.2, 0) is 9.59 Å². The Morgan fingerprint density at radius 2 is 1.53 bits per heavy atom. The number of carboxylic acid groups (broad SMARTS) is 1. The molecular weight excluding hydrogens is 252 g/mol. The van der Waals surface area contributed by atoms with E-state index in [1.807, 2.05) is 0 Å². The van der Waals surface area contributed by atoms with E-state index in [1.165, 1.54) is 12.8 Å². The lowest BCUT2D eigenvalue weighted by atomic mass is 10.1. The second-order valence-corrected chi connectivity index (χ2v) is 4.29. The summed E-state index contributed by atoms with van der Waals surface area (Å²) in [5.41, 5.74) is 0. The third-order valence-electron chi connectivity index (χ3n) is 2.33. The lowest BCUT2D eigenvalue weighted by molar-refractivity contribution is -0.140. The summed E-state index contributed by atoms with van der Waals surface area (Å²) in [5.74, 6) is -1.16. The molecule has 0 fully saturated rings. The first kappa shape index (κ1) is 20.3. The second-order valence-electron chi connectivity index (χ2n) is 4.29. The number of aliphatic hydroxyl groups excluding tert-OH is 3. The van der Waals surface area contributed by atoms with Crippen molar-refractivity contribution >= 4 is 11.8 Å². The minimum atomic E-state index is -1.02. The van der Waals surface area contributed by atoms with Gasteiger partial charge in [0.05, 0.1) is 13.2 Å². The van der Waals surface area contributed by atoms with Crippen LogP contribution in [0.3, 0.4) is 0 Å². The Labute approximate surface area is 114 Å². The van der Waals surface area contributed by atoms with E-state index in [-0.39, 0.29) is 25.4 Å². The summed E-state index contributed by atoms with van der Waals surface area (Å²) in [6.45, 7) is 1.41. The smallest absolute Gasteiger partial charge is 0.310 e. The van der Waals surface area contributed by atoms with Gasteiger partial charge in [-0.15, -0.1) is 0 Å². The molecule has 0 atom stereocenters. The zero-order valence-electron chi connectivity index (χ0n) is 11.5. The van der Waals surface area contributed by atoms with Gasteiger partial charge in [0.15, 0.2) is 0 Å². The third-order valence-corrected chi connectivity index (χ3v) is 2.33. The summed E-state index contributed by atoms with van der Waals surface area (Å²) < 4.78 is 0. The van der Waals surface area contributed by atoms with Crippen molar-refractivity contribution in [2.24, 2.45) is 0 Å². The molecule has 0 aliphatic heterocycles. The maximum absolute atomic E-state index is 10.9. The Hall–Kier alpha value is -0.980. The second kappa shape index (κ2) is 15.1. The van der Waals surface area contributed by atoms with E-state index in [4.69, 9.17) is 20.4 Å². The molecule has 0 aliphatic carbocycles. The van der Waals surface area contributed by atoms with E-state index < -0.39 is 12.1 Å². The molecule has 0 unspecified atom stereocenters. The van der Waals surface area contributed by atoms with Gasteiger partial charge in [-0.1, -0.05) is 32.6 Å². The maximum Gasteiger partial charge on any atom is 0.310 e. The highest BCUT2D eigenvalue weighted by Gasteiger charge is 2.06. The van der Waals surface area contributed by atoms with Gasteiger partial charge in [-0.2, -0.15) is 0 Å². The van der Waals surface area contributed by atoms with Gasteiger partial charge in [-0.3, -0.25) is 9.59 Å². The van der Waals surface area contributed by atoms with Crippen LogP contribution in [0.5, 0.6) is 0 Å². The standard InChI is InChI=1S/C10H18O3.C3H8O3/c1-2-3-4-5-6-7-9(11)8-10(12)13;4-1-3(6)2-5/h2-8H2,1H3,(H,12,13);3-6H,1-2H2. The first-order valence-electron chi connectivity index (χ1n) is 6.61. The van der Waals surface area contributed by atoms with Gasteiger partial charge in [0.2, 0.25) is 0 Å². The van der Waals surface area contributed by atoms with Gasteiger partial charge in [0.1, 0.15) is 18.3 Å². The van der Waals surface area contributed by atoms with Gasteiger partial charge < -0.3 is 20.4 Å². The lowest BCUT2D eigenvalue weighted by Crippen LogP contribution is -2.15. The lowest BCUT2D eigenvalue weighted by Gasteiger charge is -1.98. The van der Waals surface area contributed by atoms with Gasteiger partial charge >= 0.3 is 5.97 Å². The van der Waals surface area contributed by atoms with Crippen molar-refractivity contribution < 1.29 is 30.0 Å². The van der Waals surface area contributed by atoms with Crippen LogP contribution >= 0.6 is 0 Å². The van der Waals surface area contributed by atoms with Crippen LogP contribution < -0.4 is 0 Å². The number of carbonyl (C=O) groups excluding carboxylic acids is 1. The van der Waals surface area contributed by atoms with Crippen molar-refractivity contribution in [3.63, 3.8) is 0 Å². The summed E-state index contributed by atoms with van der Waals surface area (Å²) >= 11 is 0. The molecule has 0 rings (SSSR count). The number of carbonyl (C=O) groups is 2. The predicted octanol–water partition coefficient (Wildman–Crippen LogP) is 0.723. The van der Waals surface area contributed by atoms with E-state index in [0.29, 0.717) is 6.42 Å². The van der Waals surface area contributed by atoms with E-state index >= 15 is 0 Å². The summed E-state index contributed by atoms with van der Waals surface area (Å²) in [4.78, 5) is 21.0. The number of ketones is 1. The molecule has 0 aromatic heterocycles. The van der Waals surface area contributed by atoms with Crippen molar-refractivity contribution in [2.75, 3.05) is 13.2 Å². The van der Waals surface area contributed by atoms with Crippen LogP contribution in [0.15, 0.2) is 0 Å². The Morgan fingerprint density at radius 1 is 1.00 bits per heavy atom. The monoisotopic (exact) mass is 278 g/mol. The Bertz CT molecular complexity index is 225. The average Bonchev–Trinajstić information content (AvgIpc) is 2.37. The molecule has 0 spiro atoms. The summed E-state index contributed by atoms with van der Waals surface area (Å²) in [5, 5.41) is 32.3. The number of hydrogen-bond acceptors (Lipinski definition) is 5. The fourth-order valence-corrected chi connectivity index (χ4v) is 1.24. The minimum Gasteiger partial charge on any atom is -0.481 e. The zero-order chi connectivity index (χ0) is 15.1. The molecule has 0 amide bonds. The van der Waals surface area contributed by atoms with E-state index in [9.17, 15) is 9.59 Å². The summed E-state index contributed by atoms with van der Waals surface area (Å²) in [6.07, 6.45) is 4.58. The highest BCUT2D eigenvalue weighted by Crippen LogP contribution is 2.06. The van der Waals surface area contributed by atoms with Crippen LogP contribution in [0, 0.1) is 0 Å². The topological polar surface area (TPSA) is 115 Å². The van der Waals surface area contributed by atoms with Crippen molar-refractivity contribution in [3.05, 3.63) is 0 Å². The third kappa shape index (κ3) is 19.5. The van der Waals surface area contributed by atoms with Crippen molar-refractivity contribution in [3.8, 4) is 0 Å². The number of aliphatic hydroxyl groups is 3. The van der Waals surface area contributed by atoms with Crippen LogP contribution in [0.2, 0.25) is 0 Å². The van der Waals surface area contributed by atoms with Crippen LogP contribution in [0.25, 0.3) is 0 Å². The average molecular weight is 278 g/mol. The minimum absolute atomic E-state index is 0.149. The normalized spacial score (nSPS) is 9.95. The quantitative estimate of drug-likeness (QED) is 0.346. The molecular formula is C13H26O6. The summed E-state index contributed by atoms with van der Waals surface area (Å²) in [6, 6.07) is 0. The van der Waals surface area contributed by atoms with E-state index in [1.54, 1.807) is 0 Å². The molecule has 0 aromatic rings. The van der Waals surface area contributed by atoms with Crippen molar-refractivity contribution in [1.82, 2.24) is 0 Å². The van der Waals surface area contributed by atoms with Crippen molar-refractivity contribution in [1.29, 1.82) is 0 Å². The SMILES string of the molecule is CCCCCCCC(=O)CC(=O)O.OCC(O)CO. The highest BCUT2D eigenvalue weighted by molar-refractivity contribution is 5.94. The fraction of sp³-hybridized carbons (Fsp3) is 0.846. The largest absolute Gasteiger partial charge is 0.481 e. The molecule has 0 heterocycles. The number of rotatable bonds is 10. The number of aliphatic carboxylic acids is 1.